The SMILES string of the molecule is Nc1c(Sc2cc(F)ccc2F)ccc2scnc12. The highest BCUT2D eigenvalue weighted by atomic mass is 32.2. The lowest BCUT2D eigenvalue weighted by atomic mass is 10.3. The van der Waals surface area contributed by atoms with Crippen LogP contribution < -0.4 is 5.73 Å². The zero-order valence-electron chi connectivity index (χ0n) is 9.56. The van der Waals surface area contributed by atoms with Crippen LogP contribution in [0.15, 0.2) is 45.6 Å². The molecule has 0 bridgehead atoms. The van der Waals surface area contributed by atoms with Crippen LogP contribution in [0.1, 0.15) is 0 Å². The van der Waals surface area contributed by atoms with E-state index in [1.807, 2.05) is 6.07 Å². The van der Waals surface area contributed by atoms with Gasteiger partial charge in [0.25, 0.3) is 0 Å². The van der Waals surface area contributed by atoms with E-state index in [-0.39, 0.29) is 4.90 Å². The molecular weight excluding hydrogens is 286 g/mol. The van der Waals surface area contributed by atoms with Gasteiger partial charge in [-0.3, -0.25) is 0 Å². The van der Waals surface area contributed by atoms with Crippen molar-refractivity contribution in [3.63, 3.8) is 0 Å². The summed E-state index contributed by atoms with van der Waals surface area (Å²) in [5.74, 6) is -0.943. The van der Waals surface area contributed by atoms with Crippen molar-refractivity contribution in [3.05, 3.63) is 47.5 Å². The van der Waals surface area contributed by atoms with Crippen molar-refractivity contribution in [2.75, 3.05) is 5.73 Å². The molecule has 0 saturated carbocycles. The highest BCUT2D eigenvalue weighted by Gasteiger charge is 2.11. The molecule has 0 radical (unpaired) electrons. The highest BCUT2D eigenvalue weighted by molar-refractivity contribution is 7.99. The molecule has 1 heterocycles. The second kappa shape index (κ2) is 4.79. The summed E-state index contributed by atoms with van der Waals surface area (Å²) in [6.07, 6.45) is 0. The fourth-order valence-electron chi connectivity index (χ4n) is 1.70. The summed E-state index contributed by atoms with van der Waals surface area (Å²) < 4.78 is 27.7. The predicted octanol–water partition coefficient (Wildman–Crippen LogP) is 4.31. The number of rotatable bonds is 2. The van der Waals surface area contributed by atoms with Crippen molar-refractivity contribution in [1.29, 1.82) is 0 Å². The van der Waals surface area contributed by atoms with Gasteiger partial charge in [0.1, 0.15) is 17.2 Å². The molecule has 0 aliphatic heterocycles. The lowest BCUT2D eigenvalue weighted by Crippen LogP contribution is -1.91. The Morgan fingerprint density at radius 2 is 1.95 bits per heavy atom. The third kappa shape index (κ3) is 2.29. The van der Waals surface area contributed by atoms with Crippen LogP contribution in [0.4, 0.5) is 14.5 Å². The summed E-state index contributed by atoms with van der Waals surface area (Å²) in [6.45, 7) is 0. The van der Waals surface area contributed by atoms with Gasteiger partial charge in [-0.1, -0.05) is 11.8 Å². The molecule has 96 valence electrons. The van der Waals surface area contributed by atoms with Crippen molar-refractivity contribution in [2.45, 2.75) is 9.79 Å². The molecular formula is C13H8F2N2S2. The first-order valence-electron chi connectivity index (χ1n) is 5.40. The van der Waals surface area contributed by atoms with E-state index in [1.165, 1.54) is 11.3 Å². The number of nitrogens with zero attached hydrogens (tertiary/aromatic N) is 1. The number of thiazole rings is 1. The maximum Gasteiger partial charge on any atom is 0.137 e. The Morgan fingerprint density at radius 1 is 1.11 bits per heavy atom. The number of hydrogen-bond acceptors (Lipinski definition) is 4. The van der Waals surface area contributed by atoms with Crippen molar-refractivity contribution in [2.24, 2.45) is 0 Å². The van der Waals surface area contributed by atoms with Gasteiger partial charge in [-0.15, -0.1) is 11.3 Å². The van der Waals surface area contributed by atoms with Crippen molar-refractivity contribution in [1.82, 2.24) is 4.98 Å². The number of fused-ring (bicyclic) bond motifs is 1. The first-order valence-corrected chi connectivity index (χ1v) is 7.09. The number of nitrogens with two attached hydrogens (primary N) is 1. The van der Waals surface area contributed by atoms with Crippen molar-refractivity contribution in [3.8, 4) is 0 Å². The predicted molar refractivity (Wildman–Crippen MR) is 74.5 cm³/mol. The minimum atomic E-state index is -0.475. The molecule has 3 aromatic rings. The van der Waals surface area contributed by atoms with Crippen molar-refractivity contribution < 1.29 is 8.78 Å². The van der Waals surface area contributed by atoms with Gasteiger partial charge >= 0.3 is 0 Å². The monoisotopic (exact) mass is 294 g/mol. The van der Waals surface area contributed by atoms with Gasteiger partial charge < -0.3 is 5.73 Å². The Labute approximate surface area is 116 Å². The van der Waals surface area contributed by atoms with E-state index in [9.17, 15) is 8.78 Å². The van der Waals surface area contributed by atoms with Crippen LogP contribution in [0.3, 0.4) is 0 Å². The van der Waals surface area contributed by atoms with Gasteiger partial charge in [-0.2, -0.15) is 0 Å². The third-order valence-corrected chi connectivity index (χ3v) is 4.52. The molecule has 2 nitrogen and oxygen atoms in total. The zero-order valence-corrected chi connectivity index (χ0v) is 11.2. The van der Waals surface area contributed by atoms with Gasteiger partial charge in [-0.25, -0.2) is 13.8 Å². The van der Waals surface area contributed by atoms with E-state index in [1.54, 1.807) is 11.6 Å². The molecule has 0 aliphatic carbocycles. The largest absolute Gasteiger partial charge is 0.396 e. The number of anilines is 1. The number of benzene rings is 2. The van der Waals surface area contributed by atoms with E-state index in [0.717, 1.165) is 34.7 Å². The summed E-state index contributed by atoms with van der Waals surface area (Å²) in [4.78, 5) is 5.05. The summed E-state index contributed by atoms with van der Waals surface area (Å²) in [5.41, 5.74) is 8.91. The van der Waals surface area contributed by atoms with Gasteiger partial charge in [0, 0.05) is 4.90 Å². The number of hydrogen-bond donors (Lipinski definition) is 1. The van der Waals surface area contributed by atoms with Gasteiger partial charge in [0.15, 0.2) is 0 Å². The first kappa shape index (κ1) is 12.4. The average Bonchev–Trinajstić information content (AvgIpc) is 2.86. The molecule has 1 aromatic heterocycles. The molecule has 0 aliphatic rings. The summed E-state index contributed by atoms with van der Waals surface area (Å²) in [7, 11) is 0. The summed E-state index contributed by atoms with van der Waals surface area (Å²) in [6, 6.07) is 7.03. The van der Waals surface area contributed by atoms with Crippen LogP contribution in [0, 0.1) is 11.6 Å². The molecule has 2 aromatic carbocycles. The van der Waals surface area contributed by atoms with Gasteiger partial charge in [-0.05, 0) is 30.3 Å². The van der Waals surface area contributed by atoms with E-state index in [0.29, 0.717) is 16.1 Å². The van der Waals surface area contributed by atoms with E-state index in [4.69, 9.17) is 5.73 Å². The van der Waals surface area contributed by atoms with Crippen LogP contribution in [0.25, 0.3) is 10.2 Å². The minimum absolute atomic E-state index is 0.210. The van der Waals surface area contributed by atoms with Crippen LogP contribution in [0.5, 0.6) is 0 Å². The Balaban J connectivity index is 2.05. The van der Waals surface area contributed by atoms with E-state index >= 15 is 0 Å². The molecule has 3 rings (SSSR count). The second-order valence-electron chi connectivity index (χ2n) is 3.85. The van der Waals surface area contributed by atoms with Crippen LogP contribution in [-0.2, 0) is 0 Å². The Morgan fingerprint density at radius 3 is 2.79 bits per heavy atom. The Kier molecular flexibility index (Phi) is 3.12. The molecule has 0 unspecified atom stereocenters. The normalized spacial score (nSPS) is 11.1. The summed E-state index contributed by atoms with van der Waals surface area (Å²) in [5, 5.41) is 0. The Bertz CT molecular complexity index is 755. The molecule has 0 spiro atoms. The molecule has 6 heteroatoms. The van der Waals surface area contributed by atoms with Crippen molar-refractivity contribution >= 4 is 39.0 Å². The maximum atomic E-state index is 13.6. The smallest absolute Gasteiger partial charge is 0.137 e. The quantitative estimate of drug-likeness (QED) is 0.716. The minimum Gasteiger partial charge on any atom is -0.396 e. The second-order valence-corrected chi connectivity index (χ2v) is 5.82. The van der Waals surface area contributed by atoms with Crippen LogP contribution >= 0.6 is 23.1 Å². The molecule has 0 fully saturated rings. The third-order valence-electron chi connectivity index (χ3n) is 2.61. The molecule has 0 saturated heterocycles. The van der Waals surface area contributed by atoms with Crippen LogP contribution in [0.2, 0.25) is 0 Å². The van der Waals surface area contributed by atoms with Gasteiger partial charge in [0.2, 0.25) is 0 Å². The number of halogens is 2. The van der Waals surface area contributed by atoms with Crippen LogP contribution in [-0.4, -0.2) is 4.98 Å². The highest BCUT2D eigenvalue weighted by Crippen LogP contribution is 2.37. The molecule has 0 amide bonds. The summed E-state index contributed by atoms with van der Waals surface area (Å²) >= 11 is 2.59. The fraction of sp³-hybridized carbons (Fsp3) is 0. The Hall–Kier alpha value is -1.66. The number of aromatic nitrogens is 1. The molecule has 19 heavy (non-hydrogen) atoms. The molecule has 2 N–H and O–H groups in total. The van der Waals surface area contributed by atoms with E-state index in [2.05, 4.69) is 4.98 Å². The molecule has 0 atom stereocenters. The van der Waals surface area contributed by atoms with E-state index < -0.39 is 11.6 Å². The average molecular weight is 294 g/mol. The lowest BCUT2D eigenvalue weighted by Gasteiger charge is -2.07. The number of nitrogen functional groups attached to an aromatic ring is 1. The first-order chi connectivity index (χ1) is 9.15. The standard InChI is InChI=1S/C13H8F2N2S2/c14-7-1-2-8(15)11(5-7)19-9-3-4-10-13(12(9)16)17-6-18-10/h1-6H,16H2. The fourth-order valence-corrected chi connectivity index (χ4v) is 3.31. The lowest BCUT2D eigenvalue weighted by molar-refractivity contribution is 0.577. The topological polar surface area (TPSA) is 38.9 Å². The maximum absolute atomic E-state index is 13.6. The zero-order chi connectivity index (χ0) is 13.4. The van der Waals surface area contributed by atoms with Gasteiger partial charge in [0.05, 0.1) is 20.8 Å².